The van der Waals surface area contributed by atoms with Gasteiger partial charge in [-0.15, -0.1) is 6.58 Å². The Balaban J connectivity index is 1.99. The van der Waals surface area contributed by atoms with Gasteiger partial charge in [0.05, 0.1) is 0 Å². The van der Waals surface area contributed by atoms with E-state index in [0.717, 1.165) is 19.3 Å². The predicted molar refractivity (Wildman–Crippen MR) is 92.9 cm³/mol. The zero-order valence-corrected chi connectivity index (χ0v) is 13.5. The van der Waals surface area contributed by atoms with Crippen LogP contribution in [0.25, 0.3) is 0 Å². The third kappa shape index (κ3) is 4.60. The second-order valence-corrected chi connectivity index (χ2v) is 6.76. The summed E-state index contributed by atoms with van der Waals surface area (Å²) in [7, 11) is 0. The van der Waals surface area contributed by atoms with Gasteiger partial charge in [-0.3, -0.25) is 0 Å². The average Bonchev–Trinajstić information content (AvgIpc) is 2.45. The van der Waals surface area contributed by atoms with Crippen molar-refractivity contribution >= 4 is 0 Å². The van der Waals surface area contributed by atoms with Crippen LogP contribution in [0.3, 0.4) is 0 Å². The number of hydrogen-bond acceptors (Lipinski definition) is 0. The summed E-state index contributed by atoms with van der Waals surface area (Å²) in [6.45, 7) is 10.6. The predicted octanol–water partition coefficient (Wildman–Crippen LogP) is 5.50. The van der Waals surface area contributed by atoms with Crippen LogP contribution in [-0.4, -0.2) is 0 Å². The lowest BCUT2D eigenvalue weighted by molar-refractivity contribution is 0.590. The molecule has 2 aromatic rings. The van der Waals surface area contributed by atoms with E-state index in [-0.39, 0.29) is 5.41 Å². The van der Waals surface area contributed by atoms with Gasteiger partial charge in [0.2, 0.25) is 0 Å². The second-order valence-electron chi connectivity index (χ2n) is 6.76. The highest BCUT2D eigenvalue weighted by Gasteiger charge is 2.12. The highest BCUT2D eigenvalue weighted by atomic mass is 14.2. The molecule has 0 radical (unpaired) electrons. The number of aryl methyl sites for hydroxylation is 2. The molecule has 0 aliphatic heterocycles. The maximum Gasteiger partial charge on any atom is -0.0100 e. The van der Waals surface area contributed by atoms with Gasteiger partial charge in [0.1, 0.15) is 0 Å². The smallest absolute Gasteiger partial charge is 0.0100 e. The van der Waals surface area contributed by atoms with Crippen molar-refractivity contribution in [1.82, 2.24) is 0 Å². The lowest BCUT2D eigenvalue weighted by atomic mass is 9.86. The van der Waals surface area contributed by atoms with Crippen molar-refractivity contribution in [3.63, 3.8) is 0 Å². The summed E-state index contributed by atoms with van der Waals surface area (Å²) in [6, 6.07) is 17.9. The molecule has 2 rings (SSSR count). The van der Waals surface area contributed by atoms with Gasteiger partial charge < -0.3 is 0 Å². The summed E-state index contributed by atoms with van der Waals surface area (Å²) in [5, 5.41) is 0. The summed E-state index contributed by atoms with van der Waals surface area (Å²) in [6.07, 6.45) is 5.11. The molecule has 0 fully saturated rings. The van der Waals surface area contributed by atoms with Crippen LogP contribution in [0.1, 0.15) is 43.0 Å². The van der Waals surface area contributed by atoms with Crippen LogP contribution < -0.4 is 0 Å². The van der Waals surface area contributed by atoms with Crippen LogP contribution in [0, 0.1) is 0 Å². The maximum absolute atomic E-state index is 3.81. The fourth-order valence-corrected chi connectivity index (χ4v) is 2.54. The molecule has 0 bridgehead atoms. The maximum atomic E-state index is 3.81. The van der Waals surface area contributed by atoms with E-state index in [1.165, 1.54) is 22.3 Å². The first kappa shape index (κ1) is 15.6. The number of benzene rings is 2. The Kier molecular flexibility index (Phi) is 5.01. The van der Waals surface area contributed by atoms with Gasteiger partial charge in [0, 0.05) is 0 Å². The van der Waals surface area contributed by atoms with Gasteiger partial charge in [-0.05, 0) is 46.9 Å². The summed E-state index contributed by atoms with van der Waals surface area (Å²) in [5.74, 6) is 0. The Morgan fingerprint density at radius 1 is 0.857 bits per heavy atom. The molecule has 0 aliphatic carbocycles. The fraction of sp³-hybridized carbons (Fsp3) is 0.333. The van der Waals surface area contributed by atoms with E-state index < -0.39 is 0 Å². The molecule has 2 aromatic carbocycles. The van der Waals surface area contributed by atoms with E-state index in [2.05, 4.69) is 75.9 Å². The van der Waals surface area contributed by atoms with Crippen LogP contribution in [0.2, 0.25) is 0 Å². The lowest BCUT2D eigenvalue weighted by Crippen LogP contribution is -2.10. The van der Waals surface area contributed by atoms with Crippen LogP contribution >= 0.6 is 0 Å². The Hall–Kier alpha value is -1.82. The van der Waals surface area contributed by atoms with Crippen LogP contribution in [0.5, 0.6) is 0 Å². The topological polar surface area (TPSA) is 0 Å². The standard InChI is InChI=1S/C21H26/c1-5-7-18-8-6-9-19(16-18)11-10-17-12-14-20(15-13-17)21(2,3)4/h5-6,8-9,12-16H,1,7,10-11H2,2-4H3. The third-order valence-electron chi connectivity index (χ3n) is 3.89. The van der Waals surface area contributed by atoms with Gasteiger partial charge >= 0.3 is 0 Å². The molecular weight excluding hydrogens is 252 g/mol. The van der Waals surface area contributed by atoms with E-state index >= 15 is 0 Å². The summed E-state index contributed by atoms with van der Waals surface area (Å²) in [5.41, 5.74) is 5.81. The molecule has 0 aromatic heterocycles. The quantitative estimate of drug-likeness (QED) is 0.634. The van der Waals surface area contributed by atoms with E-state index in [4.69, 9.17) is 0 Å². The average molecular weight is 278 g/mol. The first-order valence-corrected chi connectivity index (χ1v) is 7.77. The Labute approximate surface area is 129 Å². The monoisotopic (exact) mass is 278 g/mol. The summed E-state index contributed by atoms with van der Waals surface area (Å²) in [4.78, 5) is 0. The van der Waals surface area contributed by atoms with Crippen molar-refractivity contribution in [2.24, 2.45) is 0 Å². The van der Waals surface area contributed by atoms with Gasteiger partial charge in [0.25, 0.3) is 0 Å². The van der Waals surface area contributed by atoms with Crippen LogP contribution in [-0.2, 0) is 24.7 Å². The molecule has 0 N–H and O–H groups in total. The molecule has 0 nitrogen and oxygen atoms in total. The third-order valence-corrected chi connectivity index (χ3v) is 3.89. The fourth-order valence-electron chi connectivity index (χ4n) is 2.54. The molecule has 0 atom stereocenters. The number of hydrogen-bond donors (Lipinski definition) is 0. The van der Waals surface area contributed by atoms with E-state index in [9.17, 15) is 0 Å². The Morgan fingerprint density at radius 3 is 2.10 bits per heavy atom. The normalized spacial score (nSPS) is 11.4. The van der Waals surface area contributed by atoms with Crippen LogP contribution in [0.4, 0.5) is 0 Å². The van der Waals surface area contributed by atoms with Crippen molar-refractivity contribution in [3.8, 4) is 0 Å². The molecule has 0 aliphatic rings. The lowest BCUT2D eigenvalue weighted by Gasteiger charge is -2.19. The molecule has 0 saturated heterocycles. The number of rotatable bonds is 5. The van der Waals surface area contributed by atoms with Crippen molar-refractivity contribution in [2.45, 2.75) is 45.4 Å². The molecule has 0 spiro atoms. The first-order chi connectivity index (χ1) is 9.99. The Morgan fingerprint density at radius 2 is 1.48 bits per heavy atom. The highest BCUT2D eigenvalue weighted by molar-refractivity contribution is 5.29. The van der Waals surface area contributed by atoms with Crippen molar-refractivity contribution in [3.05, 3.63) is 83.4 Å². The first-order valence-electron chi connectivity index (χ1n) is 7.77. The van der Waals surface area contributed by atoms with Crippen molar-refractivity contribution in [1.29, 1.82) is 0 Å². The molecule has 0 heterocycles. The van der Waals surface area contributed by atoms with E-state index in [1.807, 2.05) is 6.08 Å². The number of allylic oxidation sites excluding steroid dienone is 1. The SMILES string of the molecule is C=CCc1cccc(CCc2ccc(C(C)(C)C)cc2)c1. The van der Waals surface area contributed by atoms with Crippen molar-refractivity contribution < 1.29 is 0 Å². The van der Waals surface area contributed by atoms with Gasteiger partial charge in [0.15, 0.2) is 0 Å². The molecule has 110 valence electrons. The summed E-state index contributed by atoms with van der Waals surface area (Å²) < 4.78 is 0. The van der Waals surface area contributed by atoms with E-state index in [0.29, 0.717) is 0 Å². The van der Waals surface area contributed by atoms with Crippen molar-refractivity contribution in [2.75, 3.05) is 0 Å². The molecule has 0 heteroatoms. The second kappa shape index (κ2) is 6.76. The van der Waals surface area contributed by atoms with Gasteiger partial charge in [-0.1, -0.05) is 75.4 Å². The molecule has 0 amide bonds. The highest BCUT2D eigenvalue weighted by Crippen LogP contribution is 2.22. The molecular formula is C21H26. The van der Waals surface area contributed by atoms with Gasteiger partial charge in [-0.2, -0.15) is 0 Å². The van der Waals surface area contributed by atoms with Crippen LogP contribution in [0.15, 0.2) is 61.2 Å². The minimum atomic E-state index is 0.234. The summed E-state index contributed by atoms with van der Waals surface area (Å²) >= 11 is 0. The minimum absolute atomic E-state index is 0.234. The molecule has 0 unspecified atom stereocenters. The van der Waals surface area contributed by atoms with E-state index in [1.54, 1.807) is 0 Å². The zero-order valence-electron chi connectivity index (χ0n) is 13.5. The largest absolute Gasteiger partial charge is 0.103 e. The minimum Gasteiger partial charge on any atom is -0.103 e. The molecule has 0 saturated carbocycles. The molecule has 21 heavy (non-hydrogen) atoms. The Bertz CT molecular complexity index is 582. The van der Waals surface area contributed by atoms with Gasteiger partial charge in [-0.25, -0.2) is 0 Å². The zero-order chi connectivity index (χ0) is 15.3.